The second kappa shape index (κ2) is 7.33. The number of halogens is 1. The average Bonchev–Trinajstić information content (AvgIpc) is 3.05. The van der Waals surface area contributed by atoms with Gasteiger partial charge in [0.25, 0.3) is 0 Å². The first-order valence-electron chi connectivity index (χ1n) is 7.89. The largest absolute Gasteiger partial charge is 0.465 e. The number of carbonyl (C=O) groups excluding carboxylic acids is 1. The molecule has 0 aromatic carbocycles. The lowest BCUT2D eigenvalue weighted by atomic mass is 9.88. The van der Waals surface area contributed by atoms with Crippen LogP contribution in [0.5, 0.6) is 0 Å². The molecule has 0 radical (unpaired) electrons. The van der Waals surface area contributed by atoms with Crippen molar-refractivity contribution in [3.63, 3.8) is 0 Å². The predicted octanol–water partition coefficient (Wildman–Crippen LogP) is 4.79. The molecule has 0 bridgehead atoms. The number of esters is 1. The van der Waals surface area contributed by atoms with E-state index in [-0.39, 0.29) is 5.97 Å². The summed E-state index contributed by atoms with van der Waals surface area (Å²) in [6.07, 6.45) is 3.77. The molecule has 130 valence electrons. The summed E-state index contributed by atoms with van der Waals surface area (Å²) in [6, 6.07) is 9.73. The van der Waals surface area contributed by atoms with E-state index in [2.05, 4.69) is 26.2 Å². The Morgan fingerprint density at radius 3 is 2.84 bits per heavy atom. The fourth-order valence-electron chi connectivity index (χ4n) is 2.64. The minimum absolute atomic E-state index is 0.271. The first-order valence-corrected chi connectivity index (χ1v) is 11.2. The topological polar surface area (TPSA) is 57.0 Å². The van der Waals surface area contributed by atoms with Gasteiger partial charge in [-0.1, -0.05) is 6.07 Å². The van der Waals surface area contributed by atoms with E-state index in [0.29, 0.717) is 12.3 Å². The van der Waals surface area contributed by atoms with Gasteiger partial charge in [0.2, 0.25) is 0 Å². The molecule has 0 saturated heterocycles. The van der Waals surface area contributed by atoms with Crippen LogP contribution in [0, 0.1) is 0 Å². The molecule has 0 unspecified atom stereocenters. The molecule has 0 aliphatic rings. The maximum atomic E-state index is 12.3. The molecule has 7 heteroatoms. The van der Waals surface area contributed by atoms with Crippen LogP contribution in [-0.2, 0) is 14.9 Å². The molecule has 0 N–H and O–H groups in total. The first-order chi connectivity index (χ1) is 12.0. The highest BCUT2D eigenvalue weighted by atomic mass is 127. The number of aromatic nitrogens is 3. The van der Waals surface area contributed by atoms with Gasteiger partial charge in [-0.25, -0.2) is 4.98 Å². The Bertz CT molecular complexity index is 924. The third-order valence-corrected chi connectivity index (χ3v) is 5.80. The van der Waals surface area contributed by atoms with Crippen molar-refractivity contribution >= 4 is 47.3 Å². The van der Waals surface area contributed by atoms with E-state index in [9.17, 15) is 4.79 Å². The summed E-state index contributed by atoms with van der Waals surface area (Å²) < 4.78 is 7.20. The van der Waals surface area contributed by atoms with Gasteiger partial charge in [0, 0.05) is 53.7 Å². The van der Waals surface area contributed by atoms with E-state index < -0.39 is 5.41 Å². The summed E-state index contributed by atoms with van der Waals surface area (Å²) in [4.78, 5) is 21.5. The van der Waals surface area contributed by atoms with E-state index in [1.807, 2.05) is 54.3 Å². The third kappa shape index (κ3) is 3.39. The van der Waals surface area contributed by atoms with E-state index >= 15 is 0 Å². The number of rotatable bonds is 5. The SMILES string of the molecule is CCOC(=O)C(C)(C)c1cccc(-c2ccnc3c2ccn3SI)n1. The van der Waals surface area contributed by atoms with Crippen molar-refractivity contribution in [3.05, 3.63) is 48.4 Å². The Labute approximate surface area is 162 Å². The molecule has 25 heavy (non-hydrogen) atoms. The Morgan fingerprint density at radius 2 is 2.12 bits per heavy atom. The van der Waals surface area contributed by atoms with Crippen LogP contribution in [-0.4, -0.2) is 26.5 Å². The van der Waals surface area contributed by atoms with Gasteiger partial charge in [-0.15, -0.1) is 0 Å². The number of fused-ring (bicyclic) bond motifs is 1. The normalized spacial score (nSPS) is 11.7. The number of ether oxygens (including phenoxy) is 1. The second-order valence-electron chi connectivity index (χ2n) is 6.06. The standard InChI is InChI=1S/C18H18IN3O2S/c1-4-24-17(23)18(2,3)15-7-5-6-14(21-15)12-8-10-20-16-13(12)9-11-22(16)25-19/h5-11H,4H2,1-3H3. The summed E-state index contributed by atoms with van der Waals surface area (Å²) >= 11 is 2.23. The zero-order valence-corrected chi connectivity index (χ0v) is 17.2. The van der Waals surface area contributed by atoms with Crippen LogP contribution in [0.15, 0.2) is 42.7 Å². The molecule has 0 saturated carbocycles. The first kappa shape index (κ1) is 18.2. The quantitative estimate of drug-likeness (QED) is 0.399. The van der Waals surface area contributed by atoms with E-state index in [1.165, 1.54) is 0 Å². The molecular formula is C18H18IN3O2S. The Balaban J connectivity index is 2.09. The zero-order valence-electron chi connectivity index (χ0n) is 14.2. The minimum atomic E-state index is -0.803. The Kier molecular flexibility index (Phi) is 5.33. The maximum Gasteiger partial charge on any atom is 0.317 e. The van der Waals surface area contributed by atoms with Crippen LogP contribution >= 0.6 is 30.3 Å². The fraction of sp³-hybridized carbons (Fsp3) is 0.278. The van der Waals surface area contributed by atoms with Crippen molar-refractivity contribution in [1.29, 1.82) is 0 Å². The van der Waals surface area contributed by atoms with Gasteiger partial charge in [-0.3, -0.25) is 13.8 Å². The molecule has 0 amide bonds. The van der Waals surface area contributed by atoms with E-state index in [4.69, 9.17) is 9.72 Å². The van der Waals surface area contributed by atoms with E-state index in [1.54, 1.807) is 22.2 Å². The van der Waals surface area contributed by atoms with E-state index in [0.717, 1.165) is 22.3 Å². The molecule has 0 aliphatic carbocycles. The molecular weight excluding hydrogens is 449 g/mol. The lowest BCUT2D eigenvalue weighted by Gasteiger charge is -2.22. The third-order valence-electron chi connectivity index (χ3n) is 4.08. The monoisotopic (exact) mass is 467 g/mol. The van der Waals surface area contributed by atoms with Crippen molar-refractivity contribution in [3.8, 4) is 11.3 Å². The number of nitrogens with zero attached hydrogens (tertiary/aromatic N) is 3. The number of hydrogen-bond donors (Lipinski definition) is 0. The highest BCUT2D eigenvalue weighted by molar-refractivity contribution is 14.2. The highest BCUT2D eigenvalue weighted by Crippen LogP contribution is 2.32. The lowest BCUT2D eigenvalue weighted by Crippen LogP contribution is -2.32. The molecule has 3 rings (SSSR count). The van der Waals surface area contributed by atoms with Crippen molar-refractivity contribution in [2.45, 2.75) is 26.2 Å². The number of hydrogen-bond acceptors (Lipinski definition) is 5. The maximum absolute atomic E-state index is 12.3. The summed E-state index contributed by atoms with van der Waals surface area (Å²) in [5, 5.41) is 1.03. The molecule has 0 atom stereocenters. The van der Waals surface area contributed by atoms with Crippen molar-refractivity contribution in [2.75, 3.05) is 6.61 Å². The van der Waals surface area contributed by atoms with Crippen LogP contribution in [0.2, 0.25) is 0 Å². The highest BCUT2D eigenvalue weighted by Gasteiger charge is 2.33. The molecule has 0 fully saturated rings. The van der Waals surface area contributed by atoms with Crippen molar-refractivity contribution < 1.29 is 9.53 Å². The molecule has 3 aromatic rings. The van der Waals surface area contributed by atoms with Gasteiger partial charge in [-0.2, -0.15) is 0 Å². The summed E-state index contributed by atoms with van der Waals surface area (Å²) in [6.45, 7) is 5.83. The van der Waals surface area contributed by atoms with Gasteiger partial charge in [-0.05, 0) is 45.0 Å². The Morgan fingerprint density at radius 1 is 1.32 bits per heavy atom. The summed E-state index contributed by atoms with van der Waals surface area (Å²) in [5.41, 5.74) is 2.60. The van der Waals surface area contributed by atoms with Gasteiger partial charge in [0.1, 0.15) is 5.41 Å². The fourth-order valence-corrected chi connectivity index (χ4v) is 3.91. The molecule has 0 spiro atoms. The molecule has 3 heterocycles. The van der Waals surface area contributed by atoms with Crippen molar-refractivity contribution in [2.24, 2.45) is 0 Å². The van der Waals surface area contributed by atoms with Crippen LogP contribution in [0.25, 0.3) is 22.3 Å². The van der Waals surface area contributed by atoms with Gasteiger partial charge in [0.15, 0.2) is 5.65 Å². The Hall–Kier alpha value is -1.61. The predicted molar refractivity (Wildman–Crippen MR) is 110 cm³/mol. The van der Waals surface area contributed by atoms with Crippen LogP contribution in [0.4, 0.5) is 0 Å². The number of pyridine rings is 2. The van der Waals surface area contributed by atoms with Crippen LogP contribution in [0.1, 0.15) is 26.5 Å². The van der Waals surface area contributed by atoms with Crippen molar-refractivity contribution in [1.82, 2.24) is 13.9 Å². The summed E-state index contributed by atoms with van der Waals surface area (Å²) in [7, 11) is 1.57. The number of carbonyl (C=O) groups is 1. The lowest BCUT2D eigenvalue weighted by molar-refractivity contribution is -0.148. The van der Waals surface area contributed by atoms with Crippen LogP contribution in [0.3, 0.4) is 0 Å². The average molecular weight is 467 g/mol. The smallest absolute Gasteiger partial charge is 0.317 e. The zero-order chi connectivity index (χ0) is 18.0. The van der Waals surface area contributed by atoms with Gasteiger partial charge < -0.3 is 4.74 Å². The molecule has 0 aliphatic heterocycles. The van der Waals surface area contributed by atoms with Gasteiger partial charge in [0.05, 0.1) is 18.0 Å². The summed E-state index contributed by atoms with van der Waals surface area (Å²) in [5.74, 6) is -0.271. The van der Waals surface area contributed by atoms with Gasteiger partial charge >= 0.3 is 5.97 Å². The second-order valence-corrected chi connectivity index (χ2v) is 7.77. The minimum Gasteiger partial charge on any atom is -0.465 e. The van der Waals surface area contributed by atoms with Crippen LogP contribution < -0.4 is 0 Å². The molecule has 3 aromatic heterocycles. The molecule has 5 nitrogen and oxygen atoms in total.